The van der Waals surface area contributed by atoms with E-state index < -0.39 is 23.5 Å². The Hall–Kier alpha value is -2.47. The van der Waals surface area contributed by atoms with E-state index >= 15 is 0 Å². The molecule has 1 amide bonds. The maximum atomic E-state index is 13.7. The predicted octanol–water partition coefficient (Wildman–Crippen LogP) is 9.49. The second-order valence-electron chi connectivity index (χ2n) is 10.7. The van der Waals surface area contributed by atoms with Gasteiger partial charge in [-0.25, -0.2) is 4.39 Å². The summed E-state index contributed by atoms with van der Waals surface area (Å²) in [6.45, 7) is 2.67. The van der Waals surface area contributed by atoms with Crippen LogP contribution in [0.3, 0.4) is 0 Å². The van der Waals surface area contributed by atoms with E-state index in [-0.39, 0.29) is 11.3 Å². The second kappa shape index (κ2) is 16.6. The molecule has 0 aliphatic carbocycles. The Morgan fingerprint density at radius 2 is 1.36 bits per heavy atom. The van der Waals surface area contributed by atoms with Gasteiger partial charge in [-0.2, -0.15) is 0 Å². The number of carbonyl (C=O) groups is 2. The number of aliphatic hydroxyl groups excluding tert-OH is 1. The fourth-order valence-electron chi connectivity index (χ4n) is 5.37. The van der Waals surface area contributed by atoms with Gasteiger partial charge < -0.3 is 10.0 Å². The number of rotatable bonds is 17. The summed E-state index contributed by atoms with van der Waals surface area (Å²) in [5.41, 5.74) is 1.11. The van der Waals surface area contributed by atoms with Gasteiger partial charge in [0.2, 0.25) is 0 Å². The molecule has 2 aromatic carbocycles. The molecule has 1 saturated heterocycles. The Morgan fingerprint density at radius 1 is 0.821 bits per heavy atom. The number of hydrogen-bond acceptors (Lipinski definition) is 3. The third-order valence-electron chi connectivity index (χ3n) is 7.58. The Bertz CT molecular complexity index is 1100. The number of nitrogens with zero attached hydrogens (tertiary/aromatic N) is 1. The van der Waals surface area contributed by atoms with Gasteiger partial charge >= 0.3 is 0 Å². The summed E-state index contributed by atoms with van der Waals surface area (Å²) >= 11 is 3.39. The van der Waals surface area contributed by atoms with Gasteiger partial charge in [0.1, 0.15) is 11.6 Å². The quantitative estimate of drug-likeness (QED) is 0.0852. The Morgan fingerprint density at radius 3 is 1.90 bits per heavy atom. The molecule has 1 atom stereocenters. The minimum atomic E-state index is -0.744. The monoisotopic (exact) mass is 599 g/mol. The number of carbonyl (C=O) groups excluding carboxylic acids is 2. The van der Waals surface area contributed by atoms with Crippen LogP contribution in [-0.4, -0.2) is 28.2 Å². The van der Waals surface area contributed by atoms with Gasteiger partial charge in [0, 0.05) is 16.6 Å². The molecular formula is C33H43BrFNO3. The first kappa shape index (κ1) is 31.1. The molecule has 1 N–H and O–H groups in total. The number of aliphatic hydroxyl groups is 1. The van der Waals surface area contributed by atoms with E-state index in [4.69, 9.17) is 0 Å². The molecule has 0 bridgehead atoms. The molecule has 4 nitrogen and oxygen atoms in total. The van der Waals surface area contributed by atoms with Crippen LogP contribution >= 0.6 is 15.9 Å². The van der Waals surface area contributed by atoms with Gasteiger partial charge in [-0.05, 0) is 36.2 Å². The fourth-order valence-corrected chi connectivity index (χ4v) is 5.77. The van der Waals surface area contributed by atoms with Crippen LogP contribution in [-0.2, 0) is 9.59 Å². The van der Waals surface area contributed by atoms with Crippen LogP contribution in [0.25, 0.3) is 5.76 Å². The van der Waals surface area contributed by atoms with Crippen molar-refractivity contribution in [3.63, 3.8) is 0 Å². The van der Waals surface area contributed by atoms with Gasteiger partial charge in [-0.3, -0.25) is 9.59 Å². The first-order chi connectivity index (χ1) is 18.9. The average molecular weight is 601 g/mol. The Kier molecular flexibility index (Phi) is 13.2. The maximum Gasteiger partial charge on any atom is 0.295 e. The standard InChI is InChI=1S/C33H43BrFNO3/c1-2-3-4-5-6-7-8-9-10-11-12-13-14-15-23-36-30(25-19-21-28(35)22-20-25)29(32(38)33(36)39)31(37)26-17-16-18-27(34)24-26/h16-22,24,30,37H,2-15,23H2,1H3/b31-29+. The number of likely N-dealkylation sites (tertiary alicyclic amines) is 1. The van der Waals surface area contributed by atoms with Gasteiger partial charge in [0.05, 0.1) is 11.6 Å². The molecule has 212 valence electrons. The highest BCUT2D eigenvalue weighted by molar-refractivity contribution is 9.10. The second-order valence-corrected chi connectivity index (χ2v) is 11.6. The van der Waals surface area contributed by atoms with Crippen molar-refractivity contribution in [3.05, 3.63) is 75.5 Å². The molecular weight excluding hydrogens is 557 g/mol. The topological polar surface area (TPSA) is 57.6 Å². The van der Waals surface area contributed by atoms with Crippen molar-refractivity contribution < 1.29 is 19.1 Å². The maximum absolute atomic E-state index is 13.7. The molecule has 1 fully saturated rings. The van der Waals surface area contributed by atoms with Crippen LogP contribution in [0.4, 0.5) is 4.39 Å². The number of amides is 1. The molecule has 0 aromatic heterocycles. The summed E-state index contributed by atoms with van der Waals surface area (Å²) in [5.74, 6) is -1.93. The van der Waals surface area contributed by atoms with Gasteiger partial charge in [0.25, 0.3) is 11.7 Å². The smallest absolute Gasteiger partial charge is 0.295 e. The van der Waals surface area contributed by atoms with Crippen molar-refractivity contribution in [2.24, 2.45) is 0 Å². The lowest BCUT2D eigenvalue weighted by molar-refractivity contribution is -0.139. The summed E-state index contributed by atoms with van der Waals surface area (Å²) < 4.78 is 14.4. The van der Waals surface area contributed by atoms with Crippen LogP contribution in [0, 0.1) is 5.82 Å². The molecule has 1 aliphatic rings. The molecule has 0 radical (unpaired) electrons. The lowest BCUT2D eigenvalue weighted by atomic mass is 9.95. The zero-order valence-corrected chi connectivity index (χ0v) is 24.9. The zero-order chi connectivity index (χ0) is 28.0. The van der Waals surface area contributed by atoms with Crippen molar-refractivity contribution in [1.82, 2.24) is 4.90 Å². The first-order valence-electron chi connectivity index (χ1n) is 14.7. The molecule has 1 unspecified atom stereocenters. The highest BCUT2D eigenvalue weighted by Crippen LogP contribution is 2.40. The van der Waals surface area contributed by atoms with E-state index in [9.17, 15) is 19.1 Å². The molecule has 3 rings (SSSR count). The third kappa shape index (κ3) is 9.30. The molecule has 2 aromatic rings. The van der Waals surface area contributed by atoms with Gasteiger partial charge in [-0.15, -0.1) is 0 Å². The Labute approximate surface area is 241 Å². The third-order valence-corrected chi connectivity index (χ3v) is 8.07. The van der Waals surface area contributed by atoms with E-state index in [2.05, 4.69) is 22.9 Å². The van der Waals surface area contributed by atoms with Crippen molar-refractivity contribution in [1.29, 1.82) is 0 Å². The number of hydrogen-bond donors (Lipinski definition) is 1. The van der Waals surface area contributed by atoms with Crippen molar-refractivity contribution >= 4 is 33.4 Å². The van der Waals surface area contributed by atoms with E-state index in [1.807, 2.05) is 6.07 Å². The van der Waals surface area contributed by atoms with Crippen LogP contribution in [0.5, 0.6) is 0 Å². The number of ketones is 1. The first-order valence-corrected chi connectivity index (χ1v) is 15.5. The van der Waals surface area contributed by atoms with E-state index in [1.165, 1.54) is 82.8 Å². The van der Waals surface area contributed by atoms with E-state index in [0.717, 1.165) is 23.7 Å². The number of benzene rings is 2. The molecule has 1 aliphatic heterocycles. The largest absolute Gasteiger partial charge is 0.507 e. The number of Topliss-reactive ketones (excluding diaryl/α,β-unsaturated/α-hetero) is 1. The van der Waals surface area contributed by atoms with E-state index in [1.54, 1.807) is 35.2 Å². The van der Waals surface area contributed by atoms with Crippen molar-refractivity contribution in [2.75, 3.05) is 6.54 Å². The summed E-state index contributed by atoms with van der Waals surface area (Å²) in [7, 11) is 0. The zero-order valence-electron chi connectivity index (χ0n) is 23.3. The highest BCUT2D eigenvalue weighted by atomic mass is 79.9. The lowest BCUT2D eigenvalue weighted by Crippen LogP contribution is -2.30. The van der Waals surface area contributed by atoms with E-state index in [0.29, 0.717) is 17.7 Å². The van der Waals surface area contributed by atoms with Gasteiger partial charge in [-0.1, -0.05) is 131 Å². The molecule has 0 saturated carbocycles. The van der Waals surface area contributed by atoms with Gasteiger partial charge in [0.15, 0.2) is 0 Å². The summed E-state index contributed by atoms with van der Waals surface area (Å²) in [6.07, 6.45) is 17.3. The highest BCUT2D eigenvalue weighted by Gasteiger charge is 2.45. The minimum absolute atomic E-state index is 0.0510. The Balaban J connectivity index is 1.53. The summed E-state index contributed by atoms with van der Waals surface area (Å²) in [6, 6.07) is 12.0. The molecule has 0 spiro atoms. The van der Waals surface area contributed by atoms with Crippen molar-refractivity contribution in [3.8, 4) is 0 Å². The van der Waals surface area contributed by atoms with Crippen LogP contribution in [0.15, 0.2) is 58.6 Å². The summed E-state index contributed by atoms with van der Waals surface area (Å²) in [5, 5.41) is 11.1. The number of halogens is 2. The normalized spacial score (nSPS) is 16.8. The predicted molar refractivity (Wildman–Crippen MR) is 160 cm³/mol. The lowest BCUT2D eigenvalue weighted by Gasteiger charge is -2.25. The van der Waals surface area contributed by atoms with Crippen LogP contribution < -0.4 is 0 Å². The average Bonchev–Trinajstić information content (AvgIpc) is 3.18. The number of unbranched alkanes of at least 4 members (excludes halogenated alkanes) is 13. The molecule has 1 heterocycles. The van der Waals surface area contributed by atoms with Crippen LogP contribution in [0.1, 0.15) is 114 Å². The fraction of sp³-hybridized carbons (Fsp3) is 0.515. The van der Waals surface area contributed by atoms with Crippen LogP contribution in [0.2, 0.25) is 0 Å². The summed E-state index contributed by atoms with van der Waals surface area (Å²) in [4.78, 5) is 27.7. The molecule has 39 heavy (non-hydrogen) atoms. The van der Waals surface area contributed by atoms with Crippen molar-refractivity contribution in [2.45, 2.75) is 103 Å². The SMILES string of the molecule is CCCCCCCCCCCCCCCCN1C(=O)C(=O)/C(=C(/O)c2cccc(Br)c2)C1c1ccc(F)cc1. The molecule has 6 heteroatoms. The minimum Gasteiger partial charge on any atom is -0.507 e.